The molecule has 3 aromatic rings. The van der Waals surface area contributed by atoms with E-state index in [1.54, 1.807) is 12.1 Å². The lowest BCUT2D eigenvalue weighted by atomic mass is 10.1. The zero-order valence-corrected chi connectivity index (χ0v) is 22.6. The van der Waals surface area contributed by atoms with E-state index in [2.05, 4.69) is 14.6 Å². The van der Waals surface area contributed by atoms with Gasteiger partial charge in [0.2, 0.25) is 0 Å². The van der Waals surface area contributed by atoms with Crippen LogP contribution in [0.1, 0.15) is 5.56 Å². The van der Waals surface area contributed by atoms with Gasteiger partial charge in [0, 0.05) is 68.7 Å². The molecule has 2 heterocycles. The van der Waals surface area contributed by atoms with Crippen molar-refractivity contribution in [3.05, 3.63) is 54.2 Å². The molecule has 204 valence electrons. The van der Waals surface area contributed by atoms with Crippen LogP contribution in [0.3, 0.4) is 0 Å². The van der Waals surface area contributed by atoms with Gasteiger partial charge in [0.05, 0.1) is 0 Å². The number of H-pyrrole nitrogens is 1. The number of anilines is 2. The summed E-state index contributed by atoms with van der Waals surface area (Å²) in [5.41, 5.74) is 9.33. The SMILES string of the molecule is CN(C)S(=O)(=O)Nc1ccc(N2CCN(C(=O)COc3ccc4[nH]cc(CCN)c4c3)CC2)cc1.Cl.O. The van der Waals surface area contributed by atoms with E-state index in [0.717, 1.165) is 32.9 Å². The molecule has 1 amide bonds. The van der Waals surface area contributed by atoms with Gasteiger partial charge in [-0.1, -0.05) is 0 Å². The molecule has 0 bridgehead atoms. The van der Waals surface area contributed by atoms with Gasteiger partial charge in [-0.3, -0.25) is 9.52 Å². The largest absolute Gasteiger partial charge is 0.484 e. The van der Waals surface area contributed by atoms with Gasteiger partial charge in [0.25, 0.3) is 5.91 Å². The highest BCUT2D eigenvalue weighted by molar-refractivity contribution is 7.90. The van der Waals surface area contributed by atoms with E-state index in [-0.39, 0.29) is 30.4 Å². The highest BCUT2D eigenvalue weighted by Crippen LogP contribution is 2.24. The topological polar surface area (TPSA) is 156 Å². The summed E-state index contributed by atoms with van der Waals surface area (Å²) in [5.74, 6) is 0.613. The maximum Gasteiger partial charge on any atom is 0.301 e. The number of piperazine rings is 1. The maximum absolute atomic E-state index is 12.7. The third-order valence-corrected chi connectivity index (χ3v) is 7.56. The first-order chi connectivity index (χ1) is 16.8. The second-order valence-electron chi connectivity index (χ2n) is 8.65. The van der Waals surface area contributed by atoms with Gasteiger partial charge >= 0.3 is 10.2 Å². The van der Waals surface area contributed by atoms with Gasteiger partial charge in [-0.2, -0.15) is 12.7 Å². The number of fused-ring (bicyclic) bond motifs is 1. The fraction of sp³-hybridized carbons (Fsp3) is 0.375. The van der Waals surface area contributed by atoms with Crippen molar-refractivity contribution in [1.29, 1.82) is 0 Å². The average Bonchev–Trinajstić information content (AvgIpc) is 3.25. The predicted octanol–water partition coefficient (Wildman–Crippen LogP) is 1.21. The third-order valence-electron chi connectivity index (χ3n) is 6.11. The first-order valence-electron chi connectivity index (χ1n) is 11.5. The van der Waals surface area contributed by atoms with E-state index in [0.29, 0.717) is 44.2 Å². The molecule has 1 aliphatic heterocycles. The molecule has 0 unspecified atom stereocenters. The Labute approximate surface area is 223 Å². The molecule has 1 saturated heterocycles. The van der Waals surface area contributed by atoms with Crippen molar-refractivity contribution in [2.24, 2.45) is 5.73 Å². The summed E-state index contributed by atoms with van der Waals surface area (Å²) in [6.07, 6.45) is 2.74. The average molecular weight is 555 g/mol. The molecule has 37 heavy (non-hydrogen) atoms. The number of halogens is 1. The van der Waals surface area contributed by atoms with Crippen LogP contribution in [0.25, 0.3) is 10.9 Å². The Morgan fingerprint density at radius 3 is 2.41 bits per heavy atom. The highest BCUT2D eigenvalue weighted by Gasteiger charge is 2.22. The number of hydrogen-bond donors (Lipinski definition) is 3. The molecular weight excluding hydrogens is 520 g/mol. The summed E-state index contributed by atoms with van der Waals surface area (Å²) in [6.45, 7) is 3.12. The number of amides is 1. The summed E-state index contributed by atoms with van der Waals surface area (Å²) in [6, 6.07) is 13.0. The van der Waals surface area contributed by atoms with E-state index in [9.17, 15) is 13.2 Å². The van der Waals surface area contributed by atoms with Crippen molar-refractivity contribution in [3.63, 3.8) is 0 Å². The molecule has 2 aromatic carbocycles. The number of carbonyl (C=O) groups excluding carboxylic acids is 1. The molecule has 1 aromatic heterocycles. The number of nitrogens with zero attached hydrogens (tertiary/aromatic N) is 3. The molecule has 0 radical (unpaired) electrons. The van der Waals surface area contributed by atoms with Crippen LogP contribution in [0.2, 0.25) is 0 Å². The van der Waals surface area contributed by atoms with E-state index in [1.165, 1.54) is 14.1 Å². The third kappa shape index (κ3) is 7.27. The van der Waals surface area contributed by atoms with Crippen molar-refractivity contribution >= 4 is 50.8 Å². The minimum atomic E-state index is -3.54. The second kappa shape index (κ2) is 13.0. The summed E-state index contributed by atoms with van der Waals surface area (Å²) in [7, 11) is -0.588. The normalized spacial score (nSPS) is 13.7. The number of nitrogens with one attached hydrogen (secondary N) is 2. The molecule has 4 rings (SSSR count). The lowest BCUT2D eigenvalue weighted by Gasteiger charge is -2.36. The van der Waals surface area contributed by atoms with Crippen LogP contribution in [0.5, 0.6) is 5.75 Å². The number of hydrogen-bond acceptors (Lipinski definition) is 6. The number of aromatic amines is 1. The second-order valence-corrected chi connectivity index (χ2v) is 10.5. The van der Waals surface area contributed by atoms with Crippen LogP contribution in [-0.2, 0) is 21.4 Å². The molecular formula is C24H35ClN6O5S. The van der Waals surface area contributed by atoms with E-state index < -0.39 is 10.2 Å². The van der Waals surface area contributed by atoms with Gasteiger partial charge in [-0.05, 0) is 61.0 Å². The molecule has 0 aliphatic carbocycles. The van der Waals surface area contributed by atoms with Gasteiger partial charge in [-0.25, -0.2) is 0 Å². The zero-order valence-electron chi connectivity index (χ0n) is 20.9. The maximum atomic E-state index is 12.7. The number of aromatic nitrogens is 1. The lowest BCUT2D eigenvalue weighted by molar-refractivity contribution is -0.133. The van der Waals surface area contributed by atoms with Gasteiger partial charge in [0.15, 0.2) is 6.61 Å². The first-order valence-corrected chi connectivity index (χ1v) is 13.0. The minimum absolute atomic E-state index is 0. The fourth-order valence-corrected chi connectivity index (χ4v) is 4.66. The molecule has 11 nitrogen and oxygen atoms in total. The number of nitrogens with two attached hydrogens (primary N) is 1. The van der Waals surface area contributed by atoms with Crippen LogP contribution in [-0.4, -0.2) is 87.4 Å². The van der Waals surface area contributed by atoms with E-state index in [1.807, 2.05) is 41.4 Å². The summed E-state index contributed by atoms with van der Waals surface area (Å²) in [5, 5.41) is 1.06. The Balaban J connectivity index is 0.00000241. The van der Waals surface area contributed by atoms with E-state index in [4.69, 9.17) is 10.5 Å². The van der Waals surface area contributed by atoms with Crippen LogP contribution < -0.4 is 20.1 Å². The molecule has 6 N–H and O–H groups in total. The zero-order chi connectivity index (χ0) is 25.0. The number of benzene rings is 2. The first kappa shape index (κ1) is 30.2. The Morgan fingerprint density at radius 2 is 1.78 bits per heavy atom. The van der Waals surface area contributed by atoms with Gasteiger partial charge in [0.1, 0.15) is 5.75 Å². The van der Waals surface area contributed by atoms with Crippen molar-refractivity contribution in [2.75, 3.05) is 63.0 Å². The Morgan fingerprint density at radius 1 is 1.11 bits per heavy atom. The summed E-state index contributed by atoms with van der Waals surface area (Å²) < 4.78 is 33.4. The number of rotatable bonds is 9. The van der Waals surface area contributed by atoms with Crippen molar-refractivity contribution in [3.8, 4) is 5.75 Å². The van der Waals surface area contributed by atoms with Crippen LogP contribution in [0.4, 0.5) is 11.4 Å². The van der Waals surface area contributed by atoms with Gasteiger partial charge < -0.3 is 30.7 Å². The molecule has 0 saturated carbocycles. The quantitative estimate of drug-likeness (QED) is 0.361. The minimum Gasteiger partial charge on any atom is -0.484 e. The molecule has 1 fully saturated rings. The van der Waals surface area contributed by atoms with Crippen molar-refractivity contribution < 1.29 is 23.4 Å². The molecule has 0 atom stereocenters. The van der Waals surface area contributed by atoms with Gasteiger partial charge in [-0.15, -0.1) is 12.4 Å². The smallest absolute Gasteiger partial charge is 0.301 e. The fourth-order valence-electron chi connectivity index (χ4n) is 4.04. The predicted molar refractivity (Wildman–Crippen MR) is 149 cm³/mol. The summed E-state index contributed by atoms with van der Waals surface area (Å²) >= 11 is 0. The number of carbonyl (C=O) groups is 1. The number of ether oxygens (including phenoxy) is 1. The Hall–Kier alpha value is -3.03. The molecule has 0 spiro atoms. The highest BCUT2D eigenvalue weighted by atomic mass is 35.5. The Kier molecular flexibility index (Phi) is 10.6. The van der Waals surface area contributed by atoms with Crippen LogP contribution in [0.15, 0.2) is 48.7 Å². The van der Waals surface area contributed by atoms with Crippen molar-refractivity contribution in [2.45, 2.75) is 6.42 Å². The van der Waals surface area contributed by atoms with Crippen molar-refractivity contribution in [1.82, 2.24) is 14.2 Å². The van der Waals surface area contributed by atoms with E-state index >= 15 is 0 Å². The summed E-state index contributed by atoms with van der Waals surface area (Å²) in [4.78, 5) is 19.9. The van der Waals surface area contributed by atoms with Crippen LogP contribution in [0, 0.1) is 0 Å². The van der Waals surface area contributed by atoms with Crippen LogP contribution >= 0.6 is 12.4 Å². The standard InChI is InChI=1S/C24H32N6O4S.ClH.H2O/c1-28(2)35(32,33)27-19-3-5-20(6-4-19)29-11-13-30(14-12-29)24(31)17-34-21-7-8-23-22(15-21)18(9-10-25)16-26-23;;/h3-8,15-16,26-27H,9-14,17,25H2,1-2H3;1H;1H2. The monoisotopic (exact) mass is 554 g/mol. The Bertz CT molecular complexity index is 1270. The molecule has 13 heteroatoms. The lowest BCUT2D eigenvalue weighted by Crippen LogP contribution is -2.50. The molecule has 1 aliphatic rings.